The second-order valence-electron chi connectivity index (χ2n) is 5.92. The van der Waals surface area contributed by atoms with E-state index in [1.807, 2.05) is 5.38 Å². The number of amides is 3. The first-order valence-electron chi connectivity index (χ1n) is 7.78. The van der Waals surface area contributed by atoms with Crippen LogP contribution in [0.25, 0.3) is 0 Å². The predicted octanol–water partition coefficient (Wildman–Crippen LogP) is 1.93. The van der Waals surface area contributed by atoms with E-state index in [1.54, 1.807) is 35.4 Å². The standard InChI is InChI=1S/C17H15N3O3S/c21-15(19(11-5-6-11)9-14-18-7-8-24-14)10-20-16(22)12-3-1-2-4-13(12)17(20)23/h1-4,7-8,11H,5-6,9-10H2. The summed E-state index contributed by atoms with van der Waals surface area (Å²) in [4.78, 5) is 44.5. The summed E-state index contributed by atoms with van der Waals surface area (Å²) in [6, 6.07) is 6.86. The molecule has 2 aromatic rings. The third-order valence-electron chi connectivity index (χ3n) is 4.27. The summed E-state index contributed by atoms with van der Waals surface area (Å²) in [6.45, 7) is 0.221. The van der Waals surface area contributed by atoms with E-state index in [0.717, 1.165) is 22.7 Å². The first kappa shape index (κ1) is 15.0. The lowest BCUT2D eigenvalue weighted by molar-refractivity contribution is -0.132. The highest BCUT2D eigenvalue weighted by atomic mass is 32.1. The minimum Gasteiger partial charge on any atom is -0.331 e. The predicted molar refractivity (Wildman–Crippen MR) is 87.5 cm³/mol. The van der Waals surface area contributed by atoms with E-state index in [-0.39, 0.29) is 18.5 Å². The van der Waals surface area contributed by atoms with Crippen molar-refractivity contribution in [1.82, 2.24) is 14.8 Å². The highest BCUT2D eigenvalue weighted by Gasteiger charge is 2.39. The lowest BCUT2D eigenvalue weighted by Crippen LogP contribution is -2.43. The molecule has 0 saturated heterocycles. The zero-order valence-electron chi connectivity index (χ0n) is 12.8. The van der Waals surface area contributed by atoms with Crippen LogP contribution >= 0.6 is 11.3 Å². The number of hydrogen-bond donors (Lipinski definition) is 0. The van der Waals surface area contributed by atoms with Crippen LogP contribution in [0.15, 0.2) is 35.8 Å². The zero-order chi connectivity index (χ0) is 16.7. The van der Waals surface area contributed by atoms with E-state index in [0.29, 0.717) is 17.7 Å². The molecule has 1 saturated carbocycles. The number of fused-ring (bicyclic) bond motifs is 1. The maximum atomic E-state index is 12.7. The number of carbonyl (C=O) groups is 3. The topological polar surface area (TPSA) is 70.6 Å². The molecule has 0 unspecified atom stereocenters. The zero-order valence-corrected chi connectivity index (χ0v) is 13.7. The van der Waals surface area contributed by atoms with Gasteiger partial charge in [0.15, 0.2) is 0 Å². The molecule has 0 N–H and O–H groups in total. The van der Waals surface area contributed by atoms with Gasteiger partial charge in [-0.3, -0.25) is 19.3 Å². The SMILES string of the molecule is O=C1c2ccccc2C(=O)N1CC(=O)N(Cc1nccs1)C1CC1. The highest BCUT2D eigenvalue weighted by molar-refractivity contribution is 7.09. The molecule has 7 heteroatoms. The van der Waals surface area contributed by atoms with Crippen molar-refractivity contribution >= 4 is 29.1 Å². The van der Waals surface area contributed by atoms with Crippen LogP contribution < -0.4 is 0 Å². The summed E-state index contributed by atoms with van der Waals surface area (Å²) in [6.07, 6.45) is 3.62. The number of carbonyl (C=O) groups excluding carboxylic acids is 3. The summed E-state index contributed by atoms with van der Waals surface area (Å²) >= 11 is 1.49. The number of benzene rings is 1. The van der Waals surface area contributed by atoms with E-state index >= 15 is 0 Å². The van der Waals surface area contributed by atoms with Crippen molar-refractivity contribution in [2.24, 2.45) is 0 Å². The van der Waals surface area contributed by atoms with Gasteiger partial charge in [-0.25, -0.2) is 4.98 Å². The lowest BCUT2D eigenvalue weighted by Gasteiger charge is -2.23. The second kappa shape index (κ2) is 5.83. The molecule has 1 fully saturated rings. The lowest BCUT2D eigenvalue weighted by atomic mass is 10.1. The van der Waals surface area contributed by atoms with Crippen molar-refractivity contribution in [1.29, 1.82) is 0 Å². The van der Waals surface area contributed by atoms with Gasteiger partial charge < -0.3 is 4.90 Å². The Morgan fingerprint density at radius 2 is 1.88 bits per heavy atom. The fraction of sp³-hybridized carbons (Fsp3) is 0.294. The molecule has 0 radical (unpaired) electrons. The smallest absolute Gasteiger partial charge is 0.262 e. The van der Waals surface area contributed by atoms with Gasteiger partial charge >= 0.3 is 0 Å². The number of thiazole rings is 1. The molecule has 3 amide bonds. The average Bonchev–Trinajstić information content (AvgIpc) is 3.25. The number of imide groups is 1. The van der Waals surface area contributed by atoms with Crippen LogP contribution in [0.2, 0.25) is 0 Å². The molecule has 122 valence electrons. The van der Waals surface area contributed by atoms with Crippen LogP contribution in [0.4, 0.5) is 0 Å². The molecule has 2 aliphatic rings. The molecule has 24 heavy (non-hydrogen) atoms. The van der Waals surface area contributed by atoms with Crippen molar-refractivity contribution in [3.63, 3.8) is 0 Å². The van der Waals surface area contributed by atoms with E-state index < -0.39 is 11.8 Å². The maximum Gasteiger partial charge on any atom is 0.262 e. The van der Waals surface area contributed by atoms with Gasteiger partial charge in [0, 0.05) is 17.6 Å². The van der Waals surface area contributed by atoms with Gasteiger partial charge in [-0.05, 0) is 25.0 Å². The van der Waals surface area contributed by atoms with Gasteiger partial charge in [-0.15, -0.1) is 11.3 Å². The molecule has 0 bridgehead atoms. The molecule has 0 atom stereocenters. The van der Waals surface area contributed by atoms with Crippen molar-refractivity contribution < 1.29 is 14.4 Å². The summed E-state index contributed by atoms with van der Waals surface area (Å²) in [7, 11) is 0. The Morgan fingerprint density at radius 1 is 1.21 bits per heavy atom. The molecule has 1 aromatic heterocycles. The van der Waals surface area contributed by atoms with Crippen LogP contribution in [-0.2, 0) is 11.3 Å². The minimum absolute atomic E-state index is 0.191. The first-order valence-corrected chi connectivity index (χ1v) is 8.66. The second-order valence-corrected chi connectivity index (χ2v) is 6.90. The normalized spacial score (nSPS) is 16.4. The molecule has 1 aliphatic heterocycles. The highest BCUT2D eigenvalue weighted by Crippen LogP contribution is 2.30. The van der Waals surface area contributed by atoms with Gasteiger partial charge in [-0.1, -0.05) is 12.1 Å². The van der Waals surface area contributed by atoms with Crippen molar-refractivity contribution in [3.8, 4) is 0 Å². The molecular formula is C17H15N3O3S. The maximum absolute atomic E-state index is 12.7. The minimum atomic E-state index is -0.394. The molecule has 6 nitrogen and oxygen atoms in total. The fourth-order valence-electron chi connectivity index (χ4n) is 2.89. The molecular weight excluding hydrogens is 326 g/mol. The Morgan fingerprint density at radius 3 is 2.42 bits per heavy atom. The monoisotopic (exact) mass is 341 g/mol. The van der Waals surface area contributed by atoms with Crippen molar-refractivity contribution in [3.05, 3.63) is 52.0 Å². The average molecular weight is 341 g/mol. The molecule has 4 rings (SSSR count). The Bertz CT molecular complexity index is 779. The van der Waals surface area contributed by atoms with E-state index in [4.69, 9.17) is 0 Å². The summed E-state index contributed by atoms with van der Waals surface area (Å²) < 4.78 is 0. The molecule has 1 aliphatic carbocycles. The van der Waals surface area contributed by atoms with Gasteiger partial charge in [0.2, 0.25) is 5.91 Å². The van der Waals surface area contributed by atoms with E-state index in [2.05, 4.69) is 4.98 Å². The van der Waals surface area contributed by atoms with E-state index in [9.17, 15) is 14.4 Å². The van der Waals surface area contributed by atoms with Crippen LogP contribution in [0.5, 0.6) is 0 Å². The van der Waals surface area contributed by atoms with Gasteiger partial charge in [0.1, 0.15) is 11.6 Å². The third-order valence-corrected chi connectivity index (χ3v) is 5.03. The van der Waals surface area contributed by atoms with Gasteiger partial charge in [-0.2, -0.15) is 0 Å². The largest absolute Gasteiger partial charge is 0.331 e. The Balaban J connectivity index is 1.51. The molecule has 1 aromatic carbocycles. The van der Waals surface area contributed by atoms with Crippen molar-refractivity contribution in [2.45, 2.75) is 25.4 Å². The summed E-state index contributed by atoms with van der Waals surface area (Å²) in [5.74, 6) is -0.995. The molecule has 2 heterocycles. The van der Waals surface area contributed by atoms with Gasteiger partial charge in [0.25, 0.3) is 11.8 Å². The molecule has 0 spiro atoms. The number of nitrogens with zero attached hydrogens (tertiary/aromatic N) is 3. The van der Waals surface area contributed by atoms with Crippen LogP contribution in [0, 0.1) is 0 Å². The quantitative estimate of drug-likeness (QED) is 0.779. The van der Waals surface area contributed by atoms with Crippen LogP contribution in [0.3, 0.4) is 0 Å². The fourth-order valence-corrected chi connectivity index (χ4v) is 3.51. The van der Waals surface area contributed by atoms with Gasteiger partial charge in [0.05, 0.1) is 17.7 Å². The summed E-state index contributed by atoms with van der Waals surface area (Å²) in [5, 5.41) is 2.73. The van der Waals surface area contributed by atoms with Crippen LogP contribution in [0.1, 0.15) is 38.6 Å². The van der Waals surface area contributed by atoms with Crippen LogP contribution in [-0.4, -0.2) is 45.1 Å². The number of aromatic nitrogens is 1. The number of rotatable bonds is 5. The Kier molecular flexibility index (Phi) is 3.65. The Hall–Kier alpha value is -2.54. The van der Waals surface area contributed by atoms with Crippen molar-refractivity contribution in [2.75, 3.05) is 6.54 Å². The summed E-state index contributed by atoms with van der Waals surface area (Å²) in [5.41, 5.74) is 0.737. The van der Waals surface area contributed by atoms with E-state index in [1.165, 1.54) is 11.3 Å². The number of hydrogen-bond acceptors (Lipinski definition) is 5. The third kappa shape index (κ3) is 2.60. The first-order chi connectivity index (χ1) is 11.6. The Labute approximate surface area is 142 Å².